The smallest absolute Gasteiger partial charge is 0.455 e. The summed E-state index contributed by atoms with van der Waals surface area (Å²) >= 11 is 6.41. The van der Waals surface area contributed by atoms with Gasteiger partial charge in [-0.3, -0.25) is 14.5 Å². The van der Waals surface area contributed by atoms with E-state index >= 15 is 0 Å². The summed E-state index contributed by atoms with van der Waals surface area (Å²) in [5.74, 6) is -1.64. The Balaban J connectivity index is 1.46. The maximum absolute atomic E-state index is 13.4. The van der Waals surface area contributed by atoms with Crippen LogP contribution in [0.3, 0.4) is 0 Å². The highest BCUT2D eigenvalue weighted by atomic mass is 35.5. The number of halogens is 1. The number of fused-ring (bicyclic) bond motifs is 3. The van der Waals surface area contributed by atoms with Gasteiger partial charge in [0.05, 0.1) is 29.6 Å². The minimum atomic E-state index is -1.07. The van der Waals surface area contributed by atoms with Gasteiger partial charge in [-0.25, -0.2) is 0 Å². The number of allylic oxidation sites excluding steroid dienone is 1. The van der Waals surface area contributed by atoms with E-state index in [-0.39, 0.29) is 36.4 Å². The highest BCUT2D eigenvalue weighted by Crippen LogP contribution is 2.50. The molecule has 2 aromatic carbocycles. The number of nitrogens with zero attached hydrogens (tertiary/aromatic N) is 1. The van der Waals surface area contributed by atoms with Crippen molar-refractivity contribution in [3.63, 3.8) is 0 Å². The Bertz CT molecular complexity index is 1310. The number of phenolic OH excluding ortho intramolecular Hbond substituents is 1. The van der Waals surface area contributed by atoms with E-state index in [9.17, 15) is 24.8 Å². The van der Waals surface area contributed by atoms with Gasteiger partial charge in [0.15, 0.2) is 0 Å². The van der Waals surface area contributed by atoms with Crippen LogP contribution in [0.25, 0.3) is 11.6 Å². The molecule has 0 unspecified atom stereocenters. The maximum atomic E-state index is 13.4. The summed E-state index contributed by atoms with van der Waals surface area (Å²) in [6, 6.07) is 14.7. The number of carbonyl (C=O) groups excluding carboxylic acids is 2. The molecule has 0 radical (unpaired) electrons. The fourth-order valence-electron chi connectivity index (χ4n) is 6.48. The molecule has 7 nitrogen and oxygen atoms in total. The molecule has 39 heavy (non-hydrogen) atoms. The number of hydrogen-bond donors (Lipinski definition) is 3. The molecule has 204 valence electrons. The molecule has 3 aliphatic rings. The van der Waals surface area contributed by atoms with Crippen LogP contribution in [0.1, 0.15) is 43.7 Å². The Kier molecular flexibility index (Phi) is 8.28. The first-order valence-corrected chi connectivity index (χ1v) is 14.0. The van der Waals surface area contributed by atoms with Crippen LogP contribution in [0.15, 0.2) is 59.7 Å². The third-order valence-electron chi connectivity index (χ3n) is 8.17. The van der Waals surface area contributed by atoms with E-state index in [2.05, 4.69) is 0 Å². The van der Waals surface area contributed by atoms with Crippen molar-refractivity contribution in [1.29, 1.82) is 0 Å². The van der Waals surface area contributed by atoms with Gasteiger partial charge in [-0.1, -0.05) is 48.9 Å². The fourth-order valence-corrected chi connectivity index (χ4v) is 6.71. The van der Waals surface area contributed by atoms with Crippen molar-refractivity contribution in [2.75, 3.05) is 13.2 Å². The van der Waals surface area contributed by atoms with Crippen molar-refractivity contribution in [3.8, 4) is 5.75 Å². The zero-order valence-corrected chi connectivity index (χ0v) is 22.7. The third-order valence-corrected chi connectivity index (χ3v) is 8.50. The number of phenols is 1. The fraction of sp³-hybridized carbons (Fsp3) is 0.400. The van der Waals surface area contributed by atoms with Crippen LogP contribution in [-0.4, -0.2) is 58.3 Å². The standard InChI is InChI=1S/C30H33BClNO6/c1-2-12-33-29(36)23-14-21(17-34)27-24(28(23)30(33)37)16-31(38)39-26(27)11-9-19(18-6-4-3-5-7-18)13-20-8-10-22(35)15-25(20)32/h3-8,10,13,15,23-24,26,28,34-35,38H,2,9,11-12,14,16-17H2,1H3/b19-13-/t23-,24+,26-,28-/m1/s1. The molecule has 0 aromatic heterocycles. The summed E-state index contributed by atoms with van der Waals surface area (Å²) in [5, 5.41) is 31.3. The Morgan fingerprint density at radius 1 is 1.15 bits per heavy atom. The average molecular weight is 550 g/mol. The first-order chi connectivity index (χ1) is 18.8. The molecule has 2 saturated heterocycles. The van der Waals surface area contributed by atoms with E-state index < -0.39 is 25.1 Å². The number of aromatic hydroxyl groups is 1. The summed E-state index contributed by atoms with van der Waals surface area (Å²) in [7, 11) is -1.07. The van der Waals surface area contributed by atoms with Gasteiger partial charge in [-0.05, 0) is 90.0 Å². The van der Waals surface area contributed by atoms with Gasteiger partial charge in [0.2, 0.25) is 11.8 Å². The number of likely N-dealkylation sites (tertiary alicyclic amines) is 1. The van der Waals surface area contributed by atoms with E-state index in [4.69, 9.17) is 16.3 Å². The summed E-state index contributed by atoms with van der Waals surface area (Å²) < 4.78 is 6.04. The molecule has 2 aliphatic heterocycles. The third kappa shape index (κ3) is 5.44. The molecule has 2 amide bonds. The molecule has 0 saturated carbocycles. The lowest BCUT2D eigenvalue weighted by atomic mass is 9.58. The van der Waals surface area contributed by atoms with Gasteiger partial charge < -0.3 is 19.9 Å². The largest absolute Gasteiger partial charge is 0.508 e. The number of aliphatic hydroxyl groups excluding tert-OH is 1. The lowest BCUT2D eigenvalue weighted by molar-refractivity contribution is -0.140. The molecule has 2 fully saturated rings. The SMILES string of the molecule is CCCN1C(=O)[C@@H]2[C@@H](CC(CO)=C3[C@@H](CC/C(=C/c4ccc(O)cc4Cl)c4ccccc4)OB(O)C[C@@H]32)C1=O. The lowest BCUT2D eigenvalue weighted by Crippen LogP contribution is -2.46. The predicted octanol–water partition coefficient (Wildman–Crippen LogP) is 4.57. The van der Waals surface area contributed by atoms with Gasteiger partial charge in [0.25, 0.3) is 0 Å². The molecular weight excluding hydrogens is 517 g/mol. The second kappa shape index (κ2) is 11.7. The molecule has 0 spiro atoms. The summed E-state index contributed by atoms with van der Waals surface area (Å²) in [6.45, 7) is 2.10. The number of rotatable bonds is 8. The monoisotopic (exact) mass is 549 g/mol. The van der Waals surface area contributed by atoms with Crippen molar-refractivity contribution in [1.82, 2.24) is 4.90 Å². The van der Waals surface area contributed by atoms with E-state index in [1.165, 1.54) is 11.0 Å². The first-order valence-electron chi connectivity index (χ1n) is 13.6. The van der Waals surface area contributed by atoms with Crippen molar-refractivity contribution >= 4 is 42.2 Å². The van der Waals surface area contributed by atoms with Crippen molar-refractivity contribution in [3.05, 3.63) is 75.8 Å². The van der Waals surface area contributed by atoms with Crippen LogP contribution in [-0.2, 0) is 14.2 Å². The summed E-state index contributed by atoms with van der Waals surface area (Å²) in [5.41, 5.74) is 4.35. The number of amides is 2. The Morgan fingerprint density at radius 3 is 2.62 bits per heavy atom. The number of hydrogen-bond acceptors (Lipinski definition) is 6. The number of aliphatic hydroxyl groups is 1. The zero-order valence-electron chi connectivity index (χ0n) is 21.9. The molecule has 2 aromatic rings. The maximum Gasteiger partial charge on any atom is 0.455 e. The Labute approximate surface area is 233 Å². The van der Waals surface area contributed by atoms with Crippen LogP contribution in [0, 0.1) is 17.8 Å². The molecular formula is C30H33BClNO6. The topological polar surface area (TPSA) is 107 Å². The minimum absolute atomic E-state index is 0.0885. The van der Waals surface area contributed by atoms with Crippen LogP contribution in [0.4, 0.5) is 0 Å². The average Bonchev–Trinajstić information content (AvgIpc) is 3.16. The highest BCUT2D eigenvalue weighted by molar-refractivity contribution is 6.43. The zero-order chi connectivity index (χ0) is 27.7. The van der Waals surface area contributed by atoms with E-state index in [0.717, 1.165) is 27.8 Å². The lowest BCUT2D eigenvalue weighted by Gasteiger charge is -2.43. The number of imide groups is 1. The molecule has 3 N–H and O–H groups in total. The summed E-state index contributed by atoms with van der Waals surface area (Å²) in [6.07, 6.45) is 3.78. The van der Waals surface area contributed by atoms with Gasteiger partial charge >= 0.3 is 7.12 Å². The summed E-state index contributed by atoms with van der Waals surface area (Å²) in [4.78, 5) is 27.8. The Hall–Kier alpha value is -2.91. The van der Waals surface area contributed by atoms with Gasteiger partial charge in [-0.15, -0.1) is 0 Å². The van der Waals surface area contributed by atoms with Crippen LogP contribution < -0.4 is 0 Å². The van der Waals surface area contributed by atoms with Crippen molar-refractivity contribution in [2.45, 2.75) is 45.0 Å². The quantitative estimate of drug-likeness (QED) is 0.193. The molecule has 5 rings (SSSR count). The van der Waals surface area contributed by atoms with Gasteiger partial charge in [-0.2, -0.15) is 0 Å². The highest BCUT2D eigenvalue weighted by Gasteiger charge is 2.56. The van der Waals surface area contributed by atoms with Gasteiger partial charge in [0, 0.05) is 6.54 Å². The van der Waals surface area contributed by atoms with Gasteiger partial charge in [0.1, 0.15) is 5.75 Å². The van der Waals surface area contributed by atoms with E-state index in [1.807, 2.05) is 43.3 Å². The van der Waals surface area contributed by atoms with Crippen LogP contribution >= 0.6 is 11.6 Å². The van der Waals surface area contributed by atoms with E-state index in [0.29, 0.717) is 37.3 Å². The second-order valence-corrected chi connectivity index (χ2v) is 11.0. The molecule has 9 heteroatoms. The predicted molar refractivity (Wildman–Crippen MR) is 151 cm³/mol. The molecule has 1 aliphatic carbocycles. The number of carbonyl (C=O) groups is 2. The molecule has 4 atom stereocenters. The van der Waals surface area contributed by atoms with Crippen molar-refractivity contribution < 1.29 is 29.5 Å². The minimum Gasteiger partial charge on any atom is -0.508 e. The normalized spacial score (nSPS) is 25.3. The van der Waals surface area contributed by atoms with Crippen LogP contribution in [0.5, 0.6) is 5.75 Å². The van der Waals surface area contributed by atoms with Crippen molar-refractivity contribution in [2.24, 2.45) is 17.8 Å². The first kappa shape index (κ1) is 27.7. The Morgan fingerprint density at radius 2 is 1.92 bits per heavy atom. The molecule has 0 bridgehead atoms. The van der Waals surface area contributed by atoms with Crippen LogP contribution in [0.2, 0.25) is 11.3 Å². The number of benzene rings is 2. The van der Waals surface area contributed by atoms with E-state index in [1.54, 1.807) is 12.1 Å². The molecule has 2 heterocycles. The second-order valence-electron chi connectivity index (χ2n) is 10.6.